The van der Waals surface area contributed by atoms with Crippen LogP contribution in [0.5, 0.6) is 5.75 Å². The van der Waals surface area contributed by atoms with Gasteiger partial charge in [0.15, 0.2) is 0 Å². The zero-order valence-corrected chi connectivity index (χ0v) is 16.5. The maximum Gasteiger partial charge on any atom is 0.340 e. The number of pyridine rings is 1. The maximum absolute atomic E-state index is 12.2. The van der Waals surface area contributed by atoms with E-state index in [1.807, 2.05) is 12.1 Å². The van der Waals surface area contributed by atoms with Gasteiger partial charge in [0, 0.05) is 18.2 Å². The van der Waals surface area contributed by atoms with Crippen molar-refractivity contribution in [1.82, 2.24) is 4.98 Å². The molecule has 0 aliphatic heterocycles. The third-order valence-electron chi connectivity index (χ3n) is 4.57. The standard InChI is InChI=1S/C24H22N2O3/c1-3-28-24(27)21-9-6-13-26-23(21)19-10-11-22(20(15-19)16-25)29-14-12-18-8-5-4-7-17(18)2/h4-11,13,15H,3,12,14H2,1-2H3. The van der Waals surface area contributed by atoms with Gasteiger partial charge in [0.2, 0.25) is 0 Å². The molecule has 1 aromatic heterocycles. The lowest BCUT2D eigenvalue weighted by molar-refractivity contribution is 0.0527. The molecule has 5 nitrogen and oxygen atoms in total. The molecule has 0 saturated heterocycles. The number of hydrogen-bond donors (Lipinski definition) is 0. The van der Waals surface area contributed by atoms with Crippen molar-refractivity contribution < 1.29 is 14.3 Å². The van der Waals surface area contributed by atoms with Crippen molar-refractivity contribution in [2.75, 3.05) is 13.2 Å². The molecule has 3 aromatic rings. The van der Waals surface area contributed by atoms with Gasteiger partial charge in [-0.05, 0) is 55.3 Å². The fourth-order valence-electron chi connectivity index (χ4n) is 3.06. The van der Waals surface area contributed by atoms with E-state index in [4.69, 9.17) is 9.47 Å². The van der Waals surface area contributed by atoms with Crippen molar-refractivity contribution in [2.45, 2.75) is 20.3 Å². The SMILES string of the molecule is CCOC(=O)c1cccnc1-c1ccc(OCCc2ccccc2C)c(C#N)c1. The van der Waals surface area contributed by atoms with Crippen LogP contribution >= 0.6 is 0 Å². The molecule has 2 aromatic carbocycles. The number of aryl methyl sites for hydroxylation is 1. The predicted molar refractivity (Wildman–Crippen MR) is 111 cm³/mol. The highest BCUT2D eigenvalue weighted by Gasteiger charge is 2.16. The lowest BCUT2D eigenvalue weighted by atomic mass is 10.0. The normalized spacial score (nSPS) is 10.2. The van der Waals surface area contributed by atoms with Gasteiger partial charge in [0.1, 0.15) is 11.8 Å². The molecule has 0 aliphatic carbocycles. The maximum atomic E-state index is 12.2. The van der Waals surface area contributed by atoms with E-state index in [-0.39, 0.29) is 6.61 Å². The Hall–Kier alpha value is -3.65. The smallest absolute Gasteiger partial charge is 0.340 e. The highest BCUT2D eigenvalue weighted by atomic mass is 16.5. The molecule has 1 heterocycles. The van der Waals surface area contributed by atoms with E-state index >= 15 is 0 Å². The van der Waals surface area contributed by atoms with Crippen LogP contribution in [0.25, 0.3) is 11.3 Å². The first-order valence-corrected chi connectivity index (χ1v) is 9.48. The van der Waals surface area contributed by atoms with Crippen molar-refractivity contribution in [3.8, 4) is 23.1 Å². The van der Waals surface area contributed by atoms with E-state index in [0.29, 0.717) is 34.7 Å². The number of nitrogens with zero attached hydrogens (tertiary/aromatic N) is 2. The average molecular weight is 386 g/mol. The van der Waals surface area contributed by atoms with Gasteiger partial charge in [0.25, 0.3) is 0 Å². The fraction of sp³-hybridized carbons (Fsp3) is 0.208. The molecule has 0 unspecified atom stereocenters. The first-order valence-electron chi connectivity index (χ1n) is 9.48. The number of esters is 1. The second-order valence-electron chi connectivity index (χ2n) is 6.47. The Morgan fingerprint density at radius 2 is 1.97 bits per heavy atom. The van der Waals surface area contributed by atoms with Crippen LogP contribution in [0, 0.1) is 18.3 Å². The lowest BCUT2D eigenvalue weighted by Crippen LogP contribution is -2.07. The van der Waals surface area contributed by atoms with Gasteiger partial charge in [-0.15, -0.1) is 0 Å². The van der Waals surface area contributed by atoms with Crippen LogP contribution in [0.15, 0.2) is 60.8 Å². The summed E-state index contributed by atoms with van der Waals surface area (Å²) >= 11 is 0. The quantitative estimate of drug-likeness (QED) is 0.549. The predicted octanol–water partition coefficient (Wildman–Crippen LogP) is 4.73. The van der Waals surface area contributed by atoms with E-state index in [1.165, 1.54) is 11.1 Å². The van der Waals surface area contributed by atoms with Crippen LogP contribution in [-0.2, 0) is 11.2 Å². The molecular formula is C24H22N2O3. The zero-order valence-electron chi connectivity index (χ0n) is 16.5. The van der Waals surface area contributed by atoms with Gasteiger partial charge in [-0.2, -0.15) is 5.26 Å². The lowest BCUT2D eigenvalue weighted by Gasteiger charge is -2.12. The van der Waals surface area contributed by atoms with Crippen molar-refractivity contribution in [1.29, 1.82) is 5.26 Å². The second kappa shape index (κ2) is 9.52. The van der Waals surface area contributed by atoms with Crippen LogP contribution in [0.1, 0.15) is 34.0 Å². The molecule has 146 valence electrons. The first kappa shape index (κ1) is 20.1. The van der Waals surface area contributed by atoms with E-state index in [2.05, 4.69) is 30.1 Å². The van der Waals surface area contributed by atoms with Crippen molar-refractivity contribution in [3.63, 3.8) is 0 Å². The van der Waals surface area contributed by atoms with Crippen molar-refractivity contribution in [3.05, 3.63) is 83.0 Å². The number of carbonyl (C=O) groups excluding carboxylic acids is 1. The summed E-state index contributed by atoms with van der Waals surface area (Å²) in [4.78, 5) is 16.5. The molecule has 0 radical (unpaired) electrons. The Kier molecular flexibility index (Phi) is 6.59. The van der Waals surface area contributed by atoms with Gasteiger partial charge in [-0.3, -0.25) is 4.98 Å². The number of hydrogen-bond acceptors (Lipinski definition) is 5. The van der Waals surface area contributed by atoms with E-state index in [0.717, 1.165) is 6.42 Å². The summed E-state index contributed by atoms with van der Waals surface area (Å²) in [6.07, 6.45) is 2.36. The molecule has 29 heavy (non-hydrogen) atoms. The third kappa shape index (κ3) is 4.80. The summed E-state index contributed by atoms with van der Waals surface area (Å²) in [7, 11) is 0. The molecule has 0 fully saturated rings. The van der Waals surface area contributed by atoms with Crippen LogP contribution in [0.4, 0.5) is 0 Å². The number of ether oxygens (including phenoxy) is 2. The Balaban J connectivity index is 1.80. The fourth-order valence-corrected chi connectivity index (χ4v) is 3.06. The largest absolute Gasteiger partial charge is 0.492 e. The summed E-state index contributed by atoms with van der Waals surface area (Å²) in [5.74, 6) is 0.0751. The Labute approximate surface area is 170 Å². The van der Waals surface area contributed by atoms with Crippen molar-refractivity contribution >= 4 is 5.97 Å². The highest BCUT2D eigenvalue weighted by molar-refractivity contribution is 5.96. The second-order valence-corrected chi connectivity index (χ2v) is 6.47. The molecule has 3 rings (SSSR count). The Morgan fingerprint density at radius 3 is 2.72 bits per heavy atom. The minimum atomic E-state index is -0.437. The van der Waals surface area contributed by atoms with E-state index in [9.17, 15) is 10.1 Å². The topological polar surface area (TPSA) is 72.2 Å². The van der Waals surface area contributed by atoms with Gasteiger partial charge in [-0.25, -0.2) is 4.79 Å². The molecule has 0 spiro atoms. The van der Waals surface area contributed by atoms with Gasteiger partial charge in [-0.1, -0.05) is 24.3 Å². The first-order chi connectivity index (χ1) is 14.1. The minimum Gasteiger partial charge on any atom is -0.492 e. The summed E-state index contributed by atoms with van der Waals surface area (Å²) in [5, 5.41) is 9.57. The minimum absolute atomic E-state index is 0.282. The number of carbonyl (C=O) groups is 1. The highest BCUT2D eigenvalue weighted by Crippen LogP contribution is 2.28. The summed E-state index contributed by atoms with van der Waals surface area (Å²) in [5.41, 5.74) is 4.34. The van der Waals surface area contributed by atoms with E-state index < -0.39 is 5.97 Å². The molecule has 0 amide bonds. The van der Waals surface area contributed by atoms with Gasteiger partial charge >= 0.3 is 5.97 Å². The Morgan fingerprint density at radius 1 is 1.14 bits per heavy atom. The number of nitriles is 1. The van der Waals surface area contributed by atoms with Gasteiger partial charge < -0.3 is 9.47 Å². The molecular weight excluding hydrogens is 364 g/mol. The number of rotatable bonds is 7. The van der Waals surface area contributed by atoms with Gasteiger partial charge in [0.05, 0.1) is 30.0 Å². The number of benzene rings is 2. The molecule has 0 saturated carbocycles. The van der Waals surface area contributed by atoms with Crippen LogP contribution in [0.3, 0.4) is 0 Å². The van der Waals surface area contributed by atoms with Crippen molar-refractivity contribution in [2.24, 2.45) is 0 Å². The molecule has 5 heteroatoms. The summed E-state index contributed by atoms with van der Waals surface area (Å²) in [6, 6.07) is 18.9. The molecule has 0 N–H and O–H groups in total. The molecule has 0 bridgehead atoms. The van der Waals surface area contributed by atoms with Crippen LogP contribution < -0.4 is 4.74 Å². The Bertz CT molecular complexity index is 1050. The van der Waals surface area contributed by atoms with E-state index in [1.54, 1.807) is 43.5 Å². The summed E-state index contributed by atoms with van der Waals surface area (Å²) < 4.78 is 11.0. The third-order valence-corrected chi connectivity index (χ3v) is 4.57. The monoisotopic (exact) mass is 386 g/mol. The molecule has 0 atom stereocenters. The van der Waals surface area contributed by atoms with Crippen LogP contribution in [-0.4, -0.2) is 24.2 Å². The zero-order chi connectivity index (χ0) is 20.6. The average Bonchev–Trinajstić information content (AvgIpc) is 2.75. The van der Waals surface area contributed by atoms with Crippen LogP contribution in [0.2, 0.25) is 0 Å². The summed E-state index contributed by atoms with van der Waals surface area (Å²) in [6.45, 7) is 4.57. The molecule has 0 aliphatic rings. The number of aromatic nitrogens is 1.